The topological polar surface area (TPSA) is 15.3 Å². The quantitative estimate of drug-likeness (QED) is 0.823. The molecule has 1 aliphatic rings. The van der Waals surface area contributed by atoms with Crippen LogP contribution in [0, 0.1) is 5.92 Å². The van der Waals surface area contributed by atoms with Crippen molar-refractivity contribution in [3.63, 3.8) is 0 Å². The number of hydrogen-bond donors (Lipinski definition) is 1. The van der Waals surface area contributed by atoms with Gasteiger partial charge < -0.3 is 5.32 Å². The van der Waals surface area contributed by atoms with Crippen LogP contribution in [0.1, 0.15) is 24.9 Å². The largest absolute Gasteiger partial charge is 0.319 e. The molecule has 2 unspecified atom stereocenters. The van der Waals surface area contributed by atoms with E-state index in [0.717, 1.165) is 19.0 Å². The van der Waals surface area contributed by atoms with Gasteiger partial charge in [0.05, 0.1) is 0 Å². The molecule has 0 radical (unpaired) electrons. The third-order valence-corrected chi connectivity index (χ3v) is 4.70. The van der Waals surface area contributed by atoms with Crippen molar-refractivity contribution >= 4 is 11.8 Å². The Kier molecular flexibility index (Phi) is 5.10. The first-order chi connectivity index (χ1) is 8.80. The Hall–Kier alpha value is -0.510. The van der Waals surface area contributed by atoms with Crippen molar-refractivity contribution in [2.45, 2.75) is 24.3 Å². The molecule has 1 saturated heterocycles. The number of nitrogens with zero attached hydrogens (tertiary/aromatic N) is 1. The van der Waals surface area contributed by atoms with Crippen LogP contribution in [0.2, 0.25) is 0 Å². The third kappa shape index (κ3) is 2.90. The van der Waals surface area contributed by atoms with E-state index < -0.39 is 0 Å². The Bertz CT molecular complexity index is 363. The first-order valence-electron chi connectivity index (χ1n) is 6.82. The summed E-state index contributed by atoms with van der Waals surface area (Å²) in [5.74, 6) is 0.745. The predicted octanol–water partition coefficient (Wildman–Crippen LogP) is 3.01. The Morgan fingerprint density at radius 3 is 2.61 bits per heavy atom. The van der Waals surface area contributed by atoms with Gasteiger partial charge in [-0.1, -0.05) is 19.1 Å². The van der Waals surface area contributed by atoms with Crippen LogP contribution in [0.25, 0.3) is 0 Å². The van der Waals surface area contributed by atoms with Crippen LogP contribution < -0.4 is 5.32 Å². The van der Waals surface area contributed by atoms with Gasteiger partial charge >= 0.3 is 0 Å². The van der Waals surface area contributed by atoms with Gasteiger partial charge in [-0.2, -0.15) is 0 Å². The van der Waals surface area contributed by atoms with Crippen molar-refractivity contribution < 1.29 is 0 Å². The molecule has 1 aromatic rings. The summed E-state index contributed by atoms with van der Waals surface area (Å²) in [5, 5.41) is 3.35. The Labute approximate surface area is 115 Å². The monoisotopic (exact) mass is 264 g/mol. The SMILES string of the molecule is CCN1CCC(CNC)C1c1ccc(SC)cc1. The molecule has 0 saturated carbocycles. The smallest absolute Gasteiger partial charge is 0.0388 e. The maximum Gasteiger partial charge on any atom is 0.0388 e. The van der Waals surface area contributed by atoms with E-state index in [2.05, 4.69) is 54.7 Å². The molecule has 18 heavy (non-hydrogen) atoms. The summed E-state index contributed by atoms with van der Waals surface area (Å²) in [5.41, 5.74) is 1.48. The Balaban J connectivity index is 2.19. The highest BCUT2D eigenvalue weighted by atomic mass is 32.2. The lowest BCUT2D eigenvalue weighted by Crippen LogP contribution is -2.29. The number of hydrogen-bond acceptors (Lipinski definition) is 3. The van der Waals surface area contributed by atoms with E-state index in [4.69, 9.17) is 0 Å². The minimum Gasteiger partial charge on any atom is -0.319 e. The zero-order valence-corrected chi connectivity index (χ0v) is 12.5. The highest BCUT2D eigenvalue weighted by molar-refractivity contribution is 7.98. The van der Waals surface area contributed by atoms with Gasteiger partial charge in [0.2, 0.25) is 0 Å². The van der Waals surface area contributed by atoms with Crippen LogP contribution in [-0.4, -0.2) is 37.8 Å². The fourth-order valence-electron chi connectivity index (χ4n) is 3.04. The summed E-state index contributed by atoms with van der Waals surface area (Å²) in [6.45, 7) is 5.77. The molecule has 1 aromatic carbocycles. The van der Waals surface area contributed by atoms with Gasteiger partial charge in [-0.15, -0.1) is 11.8 Å². The minimum atomic E-state index is 0.596. The first kappa shape index (κ1) is 13.9. The molecule has 2 rings (SSSR count). The number of thioether (sulfide) groups is 1. The number of nitrogens with one attached hydrogen (secondary N) is 1. The zero-order chi connectivity index (χ0) is 13.0. The molecular weight excluding hydrogens is 240 g/mol. The van der Waals surface area contributed by atoms with Gasteiger partial charge in [0, 0.05) is 10.9 Å². The summed E-state index contributed by atoms with van der Waals surface area (Å²) < 4.78 is 0. The fourth-order valence-corrected chi connectivity index (χ4v) is 3.45. The fraction of sp³-hybridized carbons (Fsp3) is 0.600. The van der Waals surface area contributed by atoms with Crippen LogP contribution in [0.5, 0.6) is 0 Å². The molecule has 2 nitrogen and oxygen atoms in total. The molecule has 100 valence electrons. The molecule has 1 aliphatic heterocycles. The lowest BCUT2D eigenvalue weighted by molar-refractivity contribution is 0.238. The average Bonchev–Trinajstić information content (AvgIpc) is 2.82. The normalized spacial score (nSPS) is 24.6. The summed E-state index contributed by atoms with van der Waals surface area (Å²) in [6.07, 6.45) is 3.44. The second-order valence-electron chi connectivity index (χ2n) is 4.95. The first-order valence-corrected chi connectivity index (χ1v) is 8.05. The van der Waals surface area contributed by atoms with Gasteiger partial charge in [-0.05, 0) is 63.0 Å². The van der Waals surface area contributed by atoms with Crippen LogP contribution in [-0.2, 0) is 0 Å². The number of benzene rings is 1. The lowest BCUT2D eigenvalue weighted by Gasteiger charge is -2.27. The van der Waals surface area contributed by atoms with Crippen LogP contribution >= 0.6 is 11.8 Å². The standard InChI is InChI=1S/C15H24N2S/c1-4-17-10-9-13(11-16-2)15(17)12-5-7-14(18-3)8-6-12/h5-8,13,15-16H,4,9-11H2,1-3H3. The highest BCUT2D eigenvalue weighted by Gasteiger charge is 2.33. The number of likely N-dealkylation sites (tertiary alicyclic amines) is 1. The summed E-state index contributed by atoms with van der Waals surface area (Å²) >= 11 is 1.81. The van der Waals surface area contributed by atoms with Crippen LogP contribution in [0.4, 0.5) is 0 Å². The molecule has 1 heterocycles. The van der Waals surface area contributed by atoms with E-state index >= 15 is 0 Å². The molecule has 0 bridgehead atoms. The zero-order valence-electron chi connectivity index (χ0n) is 11.6. The van der Waals surface area contributed by atoms with E-state index in [1.807, 2.05) is 11.8 Å². The Morgan fingerprint density at radius 2 is 2.06 bits per heavy atom. The van der Waals surface area contributed by atoms with E-state index in [1.54, 1.807) is 0 Å². The third-order valence-electron chi connectivity index (χ3n) is 3.96. The van der Waals surface area contributed by atoms with Crippen molar-refractivity contribution in [1.82, 2.24) is 10.2 Å². The van der Waals surface area contributed by atoms with Gasteiger partial charge in [-0.25, -0.2) is 0 Å². The molecule has 0 spiro atoms. The molecule has 0 amide bonds. The van der Waals surface area contributed by atoms with Crippen molar-refractivity contribution in [3.05, 3.63) is 29.8 Å². The average molecular weight is 264 g/mol. The maximum atomic E-state index is 3.35. The van der Waals surface area contributed by atoms with Gasteiger partial charge in [-0.3, -0.25) is 4.90 Å². The molecule has 0 aromatic heterocycles. The molecular formula is C15H24N2S. The highest BCUT2D eigenvalue weighted by Crippen LogP contribution is 2.37. The van der Waals surface area contributed by atoms with Crippen LogP contribution in [0.15, 0.2) is 29.2 Å². The molecule has 1 fully saturated rings. The van der Waals surface area contributed by atoms with Crippen LogP contribution in [0.3, 0.4) is 0 Å². The van der Waals surface area contributed by atoms with E-state index in [9.17, 15) is 0 Å². The minimum absolute atomic E-state index is 0.596. The van der Waals surface area contributed by atoms with Gasteiger partial charge in [0.1, 0.15) is 0 Å². The van der Waals surface area contributed by atoms with Crippen molar-refractivity contribution in [2.24, 2.45) is 5.92 Å². The van der Waals surface area contributed by atoms with Crippen molar-refractivity contribution in [2.75, 3.05) is 32.9 Å². The molecule has 2 atom stereocenters. The summed E-state index contributed by atoms with van der Waals surface area (Å²) in [7, 11) is 2.06. The van der Waals surface area contributed by atoms with Crippen molar-refractivity contribution in [3.8, 4) is 0 Å². The van der Waals surface area contributed by atoms with Gasteiger partial charge in [0.15, 0.2) is 0 Å². The molecule has 0 aliphatic carbocycles. The second-order valence-corrected chi connectivity index (χ2v) is 5.83. The van der Waals surface area contributed by atoms with Gasteiger partial charge in [0.25, 0.3) is 0 Å². The number of rotatable bonds is 5. The maximum absolute atomic E-state index is 3.35. The molecule has 1 N–H and O–H groups in total. The molecule has 3 heteroatoms. The van der Waals surface area contributed by atoms with E-state index in [0.29, 0.717) is 6.04 Å². The lowest BCUT2D eigenvalue weighted by atomic mass is 9.93. The van der Waals surface area contributed by atoms with E-state index in [-0.39, 0.29) is 0 Å². The van der Waals surface area contributed by atoms with E-state index in [1.165, 1.54) is 23.4 Å². The predicted molar refractivity (Wildman–Crippen MR) is 80.2 cm³/mol. The second kappa shape index (κ2) is 6.60. The summed E-state index contributed by atoms with van der Waals surface area (Å²) in [6, 6.07) is 9.73. The van der Waals surface area contributed by atoms with Crippen molar-refractivity contribution in [1.29, 1.82) is 0 Å². The Morgan fingerprint density at radius 1 is 1.33 bits per heavy atom. The summed E-state index contributed by atoms with van der Waals surface area (Å²) in [4.78, 5) is 3.96.